The predicted octanol–water partition coefficient (Wildman–Crippen LogP) is 2.42. The minimum atomic E-state index is 0.542. The van der Waals surface area contributed by atoms with Crippen LogP contribution in [0.3, 0.4) is 0 Å². The average molecular weight is 225 g/mol. The first-order valence-electron chi connectivity index (χ1n) is 5.55. The topological polar surface area (TPSA) is 51.8 Å². The molecule has 0 aliphatic rings. The smallest absolute Gasteiger partial charge is 0.0892 e. The Morgan fingerprint density at radius 2 is 1.82 bits per heavy atom. The lowest BCUT2D eigenvalue weighted by Gasteiger charge is -2.02. The van der Waals surface area contributed by atoms with Gasteiger partial charge in [0.1, 0.15) is 0 Å². The lowest BCUT2D eigenvalue weighted by atomic mass is 10.1. The van der Waals surface area contributed by atoms with Gasteiger partial charge in [0.2, 0.25) is 0 Å². The second-order valence-corrected chi connectivity index (χ2v) is 3.83. The molecular weight excluding hydrogens is 210 g/mol. The summed E-state index contributed by atoms with van der Waals surface area (Å²) in [7, 11) is 0. The number of nitrogens with zero attached hydrogens (tertiary/aromatic N) is 2. The number of nitrogens with two attached hydrogens (primary N) is 1. The number of aryl methyl sites for hydroxylation is 1. The van der Waals surface area contributed by atoms with Gasteiger partial charge in [-0.25, -0.2) is 0 Å². The Morgan fingerprint density at radius 1 is 1.12 bits per heavy atom. The molecule has 0 radical (unpaired) electrons. The Morgan fingerprint density at radius 3 is 2.53 bits per heavy atom. The Labute approximate surface area is 101 Å². The lowest BCUT2D eigenvalue weighted by molar-refractivity contribution is 1.22. The van der Waals surface area contributed by atoms with Crippen molar-refractivity contribution < 1.29 is 0 Å². The molecule has 3 heteroatoms. The summed E-state index contributed by atoms with van der Waals surface area (Å²) in [5.74, 6) is 0. The van der Waals surface area contributed by atoms with Crippen LogP contribution in [0.15, 0.2) is 42.7 Å². The summed E-state index contributed by atoms with van der Waals surface area (Å²) >= 11 is 0. The van der Waals surface area contributed by atoms with E-state index in [1.807, 2.05) is 43.3 Å². The van der Waals surface area contributed by atoms with E-state index in [0.29, 0.717) is 6.54 Å². The molecule has 2 N–H and O–H groups in total. The van der Waals surface area contributed by atoms with Crippen molar-refractivity contribution in [2.24, 2.45) is 5.73 Å². The van der Waals surface area contributed by atoms with E-state index in [-0.39, 0.29) is 0 Å². The van der Waals surface area contributed by atoms with E-state index in [0.717, 1.165) is 17.0 Å². The van der Waals surface area contributed by atoms with Crippen LogP contribution >= 0.6 is 0 Å². The zero-order valence-corrected chi connectivity index (χ0v) is 9.80. The monoisotopic (exact) mass is 225 g/mol. The maximum Gasteiger partial charge on any atom is 0.0892 e. The zero-order valence-electron chi connectivity index (χ0n) is 9.80. The van der Waals surface area contributed by atoms with Crippen molar-refractivity contribution in [1.29, 1.82) is 0 Å². The molecule has 2 aromatic heterocycles. The van der Waals surface area contributed by atoms with Crippen LogP contribution in [0.1, 0.15) is 11.1 Å². The summed E-state index contributed by atoms with van der Waals surface area (Å²) in [6.07, 6.45) is 7.49. The molecule has 0 saturated heterocycles. The highest BCUT2D eigenvalue weighted by atomic mass is 14.8. The summed E-state index contributed by atoms with van der Waals surface area (Å²) in [4.78, 5) is 8.65. The molecule has 0 aromatic carbocycles. The van der Waals surface area contributed by atoms with Crippen molar-refractivity contribution in [1.82, 2.24) is 9.97 Å². The van der Waals surface area contributed by atoms with Gasteiger partial charge in [-0.15, -0.1) is 0 Å². The number of hydrogen-bond acceptors (Lipinski definition) is 3. The predicted molar refractivity (Wildman–Crippen MR) is 70.3 cm³/mol. The number of aromatic nitrogens is 2. The van der Waals surface area contributed by atoms with Gasteiger partial charge in [0.25, 0.3) is 0 Å². The van der Waals surface area contributed by atoms with Gasteiger partial charge in [-0.05, 0) is 42.3 Å². The Kier molecular flexibility index (Phi) is 3.62. The Bertz CT molecular complexity index is 532. The van der Waals surface area contributed by atoms with Crippen LogP contribution in [0.25, 0.3) is 17.5 Å². The molecule has 0 spiro atoms. The SMILES string of the molecule is Cc1ccnc(-c2cc(/C=C/CN)ccn2)c1. The molecule has 0 unspecified atom stereocenters. The third-order valence-corrected chi connectivity index (χ3v) is 2.41. The first-order chi connectivity index (χ1) is 8.29. The van der Waals surface area contributed by atoms with Crippen LogP contribution < -0.4 is 5.73 Å². The van der Waals surface area contributed by atoms with Gasteiger partial charge in [-0.3, -0.25) is 9.97 Å². The minimum absolute atomic E-state index is 0.542. The van der Waals surface area contributed by atoms with Crippen LogP contribution in [-0.2, 0) is 0 Å². The molecular formula is C14H15N3. The van der Waals surface area contributed by atoms with E-state index in [4.69, 9.17) is 5.73 Å². The Balaban J connectivity index is 2.36. The van der Waals surface area contributed by atoms with Crippen molar-refractivity contribution in [3.63, 3.8) is 0 Å². The highest BCUT2D eigenvalue weighted by Crippen LogP contribution is 2.16. The van der Waals surface area contributed by atoms with Crippen molar-refractivity contribution >= 4 is 6.08 Å². The molecule has 0 bridgehead atoms. The van der Waals surface area contributed by atoms with Crippen molar-refractivity contribution in [2.45, 2.75) is 6.92 Å². The largest absolute Gasteiger partial charge is 0.327 e. The van der Waals surface area contributed by atoms with Gasteiger partial charge >= 0.3 is 0 Å². The zero-order chi connectivity index (χ0) is 12.1. The van der Waals surface area contributed by atoms with E-state index >= 15 is 0 Å². The molecule has 2 heterocycles. The van der Waals surface area contributed by atoms with Crippen molar-refractivity contribution in [3.8, 4) is 11.4 Å². The Hall–Kier alpha value is -2.00. The quantitative estimate of drug-likeness (QED) is 0.872. The maximum absolute atomic E-state index is 5.43. The molecule has 0 aliphatic carbocycles. The molecule has 3 nitrogen and oxygen atoms in total. The standard InChI is InChI=1S/C14H15N3/c1-11-4-7-16-13(9-11)14-10-12(3-2-6-15)5-8-17-14/h2-5,7-10H,6,15H2,1H3/b3-2+. The normalized spacial score (nSPS) is 10.9. The van der Waals surface area contributed by atoms with E-state index in [9.17, 15) is 0 Å². The second kappa shape index (κ2) is 5.37. The molecule has 2 aromatic rings. The maximum atomic E-state index is 5.43. The van der Waals surface area contributed by atoms with E-state index in [1.165, 1.54) is 5.56 Å². The third kappa shape index (κ3) is 2.98. The van der Waals surface area contributed by atoms with E-state index < -0.39 is 0 Å². The van der Waals surface area contributed by atoms with Crippen LogP contribution in [0.4, 0.5) is 0 Å². The van der Waals surface area contributed by atoms with Gasteiger partial charge in [0.05, 0.1) is 11.4 Å². The molecule has 0 saturated carbocycles. The van der Waals surface area contributed by atoms with Gasteiger partial charge in [-0.1, -0.05) is 12.2 Å². The molecule has 86 valence electrons. The average Bonchev–Trinajstić information content (AvgIpc) is 2.37. The molecule has 2 rings (SSSR count). The summed E-state index contributed by atoms with van der Waals surface area (Å²) < 4.78 is 0. The summed E-state index contributed by atoms with van der Waals surface area (Å²) in [5.41, 5.74) is 9.48. The van der Waals surface area contributed by atoms with Crippen LogP contribution in [0, 0.1) is 6.92 Å². The number of rotatable bonds is 3. The fourth-order valence-corrected chi connectivity index (χ4v) is 1.57. The summed E-state index contributed by atoms with van der Waals surface area (Å²) in [5, 5.41) is 0. The molecule has 0 atom stereocenters. The van der Waals surface area contributed by atoms with Crippen molar-refractivity contribution in [2.75, 3.05) is 6.54 Å². The van der Waals surface area contributed by atoms with Crippen LogP contribution in [-0.4, -0.2) is 16.5 Å². The number of pyridine rings is 2. The van der Waals surface area contributed by atoms with E-state index in [2.05, 4.69) is 9.97 Å². The summed E-state index contributed by atoms with van der Waals surface area (Å²) in [6, 6.07) is 7.96. The van der Waals surface area contributed by atoms with Crippen LogP contribution in [0.5, 0.6) is 0 Å². The van der Waals surface area contributed by atoms with Gasteiger partial charge in [-0.2, -0.15) is 0 Å². The fourth-order valence-electron chi connectivity index (χ4n) is 1.57. The fraction of sp³-hybridized carbons (Fsp3) is 0.143. The molecule has 17 heavy (non-hydrogen) atoms. The molecule has 0 aliphatic heterocycles. The van der Waals surface area contributed by atoms with Gasteiger partial charge in [0, 0.05) is 18.9 Å². The minimum Gasteiger partial charge on any atom is -0.327 e. The molecule has 0 fully saturated rings. The second-order valence-electron chi connectivity index (χ2n) is 3.83. The highest BCUT2D eigenvalue weighted by molar-refractivity contribution is 5.60. The first-order valence-corrected chi connectivity index (χ1v) is 5.55. The van der Waals surface area contributed by atoms with Gasteiger partial charge < -0.3 is 5.73 Å². The summed E-state index contributed by atoms with van der Waals surface area (Å²) in [6.45, 7) is 2.59. The first kappa shape index (κ1) is 11.5. The highest BCUT2D eigenvalue weighted by Gasteiger charge is 2.01. The van der Waals surface area contributed by atoms with Crippen molar-refractivity contribution in [3.05, 3.63) is 53.9 Å². The molecule has 0 amide bonds. The van der Waals surface area contributed by atoms with E-state index in [1.54, 1.807) is 12.4 Å². The number of hydrogen-bond donors (Lipinski definition) is 1. The third-order valence-electron chi connectivity index (χ3n) is 2.41. The van der Waals surface area contributed by atoms with Gasteiger partial charge in [0.15, 0.2) is 0 Å². The lowest BCUT2D eigenvalue weighted by Crippen LogP contribution is -1.92. The van der Waals surface area contributed by atoms with Crippen LogP contribution in [0.2, 0.25) is 0 Å².